The van der Waals surface area contributed by atoms with Crippen LogP contribution in [-0.4, -0.2) is 31.1 Å². The van der Waals surface area contributed by atoms with Crippen LogP contribution in [0.1, 0.15) is 13.3 Å². The van der Waals surface area contributed by atoms with Gasteiger partial charge in [0.2, 0.25) is 6.10 Å². The van der Waals surface area contributed by atoms with E-state index in [0.717, 1.165) is 0 Å². The minimum Gasteiger partial charge on any atom is -0.361 e. The van der Waals surface area contributed by atoms with E-state index in [1.807, 2.05) is 0 Å². The third-order valence-corrected chi connectivity index (χ3v) is 1.45. The molecule has 0 aromatic rings. The Morgan fingerprint density at radius 1 is 1.07 bits per heavy atom. The summed E-state index contributed by atoms with van der Waals surface area (Å²) in [6, 6.07) is -0.507. The van der Waals surface area contributed by atoms with Gasteiger partial charge < -0.3 is 10.5 Å². The smallest absolute Gasteiger partial charge is 0.361 e. The number of ether oxygens (including phenoxy) is 1. The fraction of sp³-hybridized carbons (Fsp3) is 1.00. The van der Waals surface area contributed by atoms with E-state index < -0.39 is 31.1 Å². The highest BCUT2D eigenvalue weighted by atomic mass is 19.4. The highest BCUT2D eigenvalue weighted by molar-refractivity contribution is 4.76. The van der Waals surface area contributed by atoms with E-state index in [1.165, 1.54) is 6.92 Å². The van der Waals surface area contributed by atoms with Crippen LogP contribution in [0.5, 0.6) is 0 Å². The molecule has 2 N–H and O–H groups in total. The van der Waals surface area contributed by atoms with Crippen LogP contribution in [0.15, 0.2) is 0 Å². The SMILES string of the molecule is CC(N)CCOC(C(F)(F)F)C(F)(F)F. The summed E-state index contributed by atoms with van der Waals surface area (Å²) in [5, 5.41) is 0. The third kappa shape index (κ3) is 5.83. The summed E-state index contributed by atoms with van der Waals surface area (Å²) >= 11 is 0. The van der Waals surface area contributed by atoms with Crippen molar-refractivity contribution in [2.24, 2.45) is 5.73 Å². The highest BCUT2D eigenvalue weighted by Crippen LogP contribution is 2.35. The Hall–Kier alpha value is -0.500. The van der Waals surface area contributed by atoms with Crippen LogP contribution in [0.2, 0.25) is 0 Å². The molecule has 0 bridgehead atoms. The summed E-state index contributed by atoms with van der Waals surface area (Å²) < 4.78 is 74.9. The molecule has 0 fully saturated rings. The maximum Gasteiger partial charge on any atom is 0.423 e. The molecule has 92 valence electrons. The molecule has 0 aliphatic carbocycles. The zero-order chi connectivity index (χ0) is 12.3. The van der Waals surface area contributed by atoms with Gasteiger partial charge in [-0.1, -0.05) is 0 Å². The molecule has 0 saturated heterocycles. The number of halogens is 6. The zero-order valence-electron chi connectivity index (χ0n) is 7.82. The number of hydrogen-bond acceptors (Lipinski definition) is 2. The van der Waals surface area contributed by atoms with E-state index >= 15 is 0 Å². The molecule has 0 aromatic carbocycles. The van der Waals surface area contributed by atoms with Crippen molar-refractivity contribution >= 4 is 0 Å². The molecule has 0 aliphatic rings. The average Bonchev–Trinajstić information content (AvgIpc) is 1.92. The molecule has 0 radical (unpaired) electrons. The van der Waals surface area contributed by atoms with E-state index in [2.05, 4.69) is 4.74 Å². The first-order valence-electron chi connectivity index (χ1n) is 4.05. The lowest BCUT2D eigenvalue weighted by atomic mass is 10.2. The minimum atomic E-state index is -5.45. The lowest BCUT2D eigenvalue weighted by Gasteiger charge is -2.23. The van der Waals surface area contributed by atoms with Crippen LogP contribution >= 0.6 is 0 Å². The van der Waals surface area contributed by atoms with Gasteiger partial charge in [0.05, 0.1) is 0 Å². The number of nitrogens with two attached hydrogens (primary N) is 1. The van der Waals surface area contributed by atoms with Gasteiger partial charge in [0.15, 0.2) is 0 Å². The molecular formula is C7H11F6NO. The van der Waals surface area contributed by atoms with Gasteiger partial charge in [-0.3, -0.25) is 0 Å². The molecule has 0 spiro atoms. The van der Waals surface area contributed by atoms with Crippen molar-refractivity contribution < 1.29 is 31.1 Å². The highest BCUT2D eigenvalue weighted by Gasteiger charge is 2.57. The first kappa shape index (κ1) is 14.5. The quantitative estimate of drug-likeness (QED) is 0.763. The van der Waals surface area contributed by atoms with Gasteiger partial charge >= 0.3 is 12.4 Å². The summed E-state index contributed by atoms with van der Waals surface area (Å²) in [6.45, 7) is 0.779. The van der Waals surface area contributed by atoms with Gasteiger partial charge in [-0.15, -0.1) is 0 Å². The lowest BCUT2D eigenvalue weighted by Crippen LogP contribution is -2.44. The van der Waals surface area contributed by atoms with Crippen molar-refractivity contribution in [3.8, 4) is 0 Å². The van der Waals surface area contributed by atoms with E-state index in [1.54, 1.807) is 0 Å². The molecule has 1 unspecified atom stereocenters. The summed E-state index contributed by atoms with van der Waals surface area (Å²) in [6.07, 6.45) is -14.7. The fourth-order valence-corrected chi connectivity index (χ4v) is 0.746. The number of alkyl halides is 6. The third-order valence-electron chi connectivity index (χ3n) is 1.45. The molecule has 0 aliphatic heterocycles. The molecule has 1 atom stereocenters. The first-order chi connectivity index (χ1) is 6.55. The normalized spacial score (nSPS) is 15.8. The van der Waals surface area contributed by atoms with Crippen LogP contribution in [0.3, 0.4) is 0 Å². The second-order valence-corrected chi connectivity index (χ2v) is 3.10. The molecule has 0 rings (SSSR count). The second-order valence-electron chi connectivity index (χ2n) is 3.10. The van der Waals surface area contributed by atoms with Crippen molar-refractivity contribution in [2.45, 2.75) is 37.8 Å². The Morgan fingerprint density at radius 3 is 1.73 bits per heavy atom. The van der Waals surface area contributed by atoms with E-state index in [0.29, 0.717) is 0 Å². The molecule has 0 aromatic heterocycles. The van der Waals surface area contributed by atoms with Crippen LogP contribution in [0, 0.1) is 0 Å². The molecule has 15 heavy (non-hydrogen) atoms. The van der Waals surface area contributed by atoms with Crippen LogP contribution in [0.25, 0.3) is 0 Å². The Labute approximate surface area is 82.4 Å². The maximum absolute atomic E-state index is 11.9. The summed E-state index contributed by atoms with van der Waals surface area (Å²) in [4.78, 5) is 0. The van der Waals surface area contributed by atoms with Crippen molar-refractivity contribution in [3.05, 3.63) is 0 Å². The zero-order valence-corrected chi connectivity index (χ0v) is 7.82. The topological polar surface area (TPSA) is 35.2 Å². The molecule has 0 saturated carbocycles. The summed E-state index contributed by atoms with van der Waals surface area (Å²) in [5.74, 6) is 0. The predicted octanol–water partition coefficient (Wildman–Crippen LogP) is 2.23. The first-order valence-corrected chi connectivity index (χ1v) is 4.05. The predicted molar refractivity (Wildman–Crippen MR) is 40.1 cm³/mol. The average molecular weight is 239 g/mol. The Morgan fingerprint density at radius 2 is 1.47 bits per heavy atom. The number of hydrogen-bond donors (Lipinski definition) is 1. The standard InChI is InChI=1S/C7H11F6NO/c1-4(14)2-3-15-5(6(8,9)10)7(11,12)13/h4-5H,2-3,14H2,1H3. The van der Waals surface area contributed by atoms with Gasteiger partial charge in [0.1, 0.15) is 0 Å². The van der Waals surface area contributed by atoms with Gasteiger partial charge in [-0.05, 0) is 13.3 Å². The monoisotopic (exact) mass is 239 g/mol. The van der Waals surface area contributed by atoms with Crippen molar-refractivity contribution in [3.63, 3.8) is 0 Å². The van der Waals surface area contributed by atoms with E-state index in [4.69, 9.17) is 5.73 Å². The van der Waals surface area contributed by atoms with E-state index in [9.17, 15) is 26.3 Å². The van der Waals surface area contributed by atoms with Crippen LogP contribution in [-0.2, 0) is 4.74 Å². The van der Waals surface area contributed by atoms with Crippen LogP contribution in [0.4, 0.5) is 26.3 Å². The molecule has 2 nitrogen and oxygen atoms in total. The van der Waals surface area contributed by atoms with Crippen LogP contribution < -0.4 is 5.73 Å². The molecule has 0 heterocycles. The van der Waals surface area contributed by atoms with E-state index in [-0.39, 0.29) is 6.42 Å². The Balaban J connectivity index is 4.29. The van der Waals surface area contributed by atoms with Gasteiger partial charge in [0.25, 0.3) is 0 Å². The molecule has 8 heteroatoms. The largest absolute Gasteiger partial charge is 0.423 e. The minimum absolute atomic E-state index is 0.0668. The van der Waals surface area contributed by atoms with Gasteiger partial charge in [0, 0.05) is 12.6 Å². The van der Waals surface area contributed by atoms with Gasteiger partial charge in [-0.2, -0.15) is 26.3 Å². The van der Waals surface area contributed by atoms with Crippen molar-refractivity contribution in [2.75, 3.05) is 6.61 Å². The second kappa shape index (κ2) is 5.02. The van der Waals surface area contributed by atoms with Gasteiger partial charge in [-0.25, -0.2) is 0 Å². The van der Waals surface area contributed by atoms with Crippen molar-refractivity contribution in [1.82, 2.24) is 0 Å². The maximum atomic E-state index is 11.9. The molecule has 0 amide bonds. The Kier molecular flexibility index (Phi) is 4.85. The molecular weight excluding hydrogens is 228 g/mol. The summed E-state index contributed by atoms with van der Waals surface area (Å²) in [5.41, 5.74) is 5.15. The fourth-order valence-electron chi connectivity index (χ4n) is 0.746. The number of rotatable bonds is 4. The Bertz CT molecular complexity index is 173. The lowest BCUT2D eigenvalue weighted by molar-refractivity contribution is -0.321. The van der Waals surface area contributed by atoms with Crippen molar-refractivity contribution in [1.29, 1.82) is 0 Å². The summed E-state index contributed by atoms with van der Waals surface area (Å²) in [7, 11) is 0.